The van der Waals surface area contributed by atoms with Crippen LogP contribution < -0.4 is 15.8 Å². The lowest BCUT2D eigenvalue weighted by atomic mass is 9.93. The van der Waals surface area contributed by atoms with Crippen LogP contribution in [0.15, 0.2) is 27.8 Å². The number of aromatic nitrogens is 3. The van der Waals surface area contributed by atoms with Crippen LogP contribution in [0.25, 0.3) is 0 Å². The molecule has 0 spiro atoms. The monoisotopic (exact) mass is 403 g/mol. The molecule has 0 aromatic carbocycles. The molecular formula is C20H29N5O2S. The highest BCUT2D eigenvalue weighted by Gasteiger charge is 2.28. The molecule has 1 aliphatic heterocycles. The maximum atomic E-state index is 12.4. The third-order valence-corrected chi connectivity index (χ3v) is 6.55. The molecule has 4 rings (SSSR count). The maximum absolute atomic E-state index is 12.4. The number of nitrogens with zero attached hydrogens (tertiary/aromatic N) is 4. The molecule has 1 saturated heterocycles. The lowest BCUT2D eigenvalue weighted by molar-refractivity contribution is 0.0669. The molecule has 28 heavy (non-hydrogen) atoms. The van der Waals surface area contributed by atoms with Crippen molar-refractivity contribution < 1.29 is 5.11 Å². The molecular weight excluding hydrogens is 374 g/mol. The second-order valence-corrected chi connectivity index (χ2v) is 8.57. The van der Waals surface area contributed by atoms with Crippen molar-refractivity contribution in [3.05, 3.63) is 39.1 Å². The minimum absolute atomic E-state index is 0.120. The minimum atomic E-state index is -0.480. The van der Waals surface area contributed by atoms with Crippen LogP contribution in [0.4, 0.5) is 5.82 Å². The van der Waals surface area contributed by atoms with Crippen LogP contribution in [-0.4, -0.2) is 45.1 Å². The summed E-state index contributed by atoms with van der Waals surface area (Å²) in [4.78, 5) is 19.1. The Morgan fingerprint density at radius 3 is 2.86 bits per heavy atom. The molecule has 3 unspecified atom stereocenters. The van der Waals surface area contributed by atoms with Crippen LogP contribution in [0, 0.1) is 0 Å². The van der Waals surface area contributed by atoms with E-state index in [0.717, 1.165) is 69.7 Å². The van der Waals surface area contributed by atoms with E-state index in [-0.39, 0.29) is 11.6 Å². The van der Waals surface area contributed by atoms with Gasteiger partial charge in [-0.3, -0.25) is 4.79 Å². The average molecular weight is 404 g/mol. The van der Waals surface area contributed by atoms with Gasteiger partial charge in [-0.15, -0.1) is 11.3 Å². The fourth-order valence-corrected chi connectivity index (χ4v) is 4.95. The Morgan fingerprint density at radius 1 is 1.18 bits per heavy atom. The zero-order valence-electron chi connectivity index (χ0n) is 16.2. The van der Waals surface area contributed by atoms with Gasteiger partial charge in [-0.05, 0) is 38.2 Å². The topological polar surface area (TPSA) is 83.3 Å². The highest BCUT2D eigenvalue weighted by Crippen LogP contribution is 2.28. The van der Waals surface area contributed by atoms with Crippen molar-refractivity contribution in [1.29, 1.82) is 0 Å². The second-order valence-electron chi connectivity index (χ2n) is 7.85. The average Bonchev–Trinajstić information content (AvgIpc) is 3.23. The first-order valence-electron chi connectivity index (χ1n) is 10.3. The van der Waals surface area contributed by atoms with Gasteiger partial charge in [-0.2, -0.15) is 5.10 Å². The molecule has 2 fully saturated rings. The molecule has 2 N–H and O–H groups in total. The molecule has 2 aromatic heterocycles. The van der Waals surface area contributed by atoms with Crippen molar-refractivity contribution in [3.8, 4) is 0 Å². The Labute approximate surface area is 169 Å². The van der Waals surface area contributed by atoms with E-state index in [1.165, 1.54) is 11.1 Å². The highest BCUT2D eigenvalue weighted by molar-refractivity contribution is 7.07. The van der Waals surface area contributed by atoms with Gasteiger partial charge in [0.25, 0.3) is 5.56 Å². The van der Waals surface area contributed by atoms with Gasteiger partial charge in [0.05, 0.1) is 23.4 Å². The molecule has 2 aromatic rings. The highest BCUT2D eigenvalue weighted by atomic mass is 32.1. The summed E-state index contributed by atoms with van der Waals surface area (Å²) in [5, 5.41) is 20.7. The quantitative estimate of drug-likeness (QED) is 0.770. The summed E-state index contributed by atoms with van der Waals surface area (Å²) in [7, 11) is 0. The van der Waals surface area contributed by atoms with Crippen molar-refractivity contribution in [2.24, 2.45) is 0 Å². The number of rotatable bonds is 6. The Morgan fingerprint density at radius 2 is 2.04 bits per heavy atom. The smallest absolute Gasteiger partial charge is 0.267 e. The largest absolute Gasteiger partial charge is 0.391 e. The molecule has 0 radical (unpaired) electrons. The van der Waals surface area contributed by atoms with E-state index in [4.69, 9.17) is 5.10 Å². The Kier molecular flexibility index (Phi) is 6.39. The van der Waals surface area contributed by atoms with Gasteiger partial charge in [-0.1, -0.05) is 12.8 Å². The van der Waals surface area contributed by atoms with E-state index >= 15 is 0 Å². The van der Waals surface area contributed by atoms with E-state index < -0.39 is 6.10 Å². The summed E-state index contributed by atoms with van der Waals surface area (Å²) in [5.74, 6) is 0.845. The summed E-state index contributed by atoms with van der Waals surface area (Å²) >= 11 is 1.62. The molecule has 1 saturated carbocycles. The van der Waals surface area contributed by atoms with Gasteiger partial charge in [0.2, 0.25) is 0 Å². The first-order chi connectivity index (χ1) is 13.7. The molecule has 0 amide bonds. The molecule has 2 aliphatic rings. The van der Waals surface area contributed by atoms with Gasteiger partial charge in [0, 0.05) is 37.1 Å². The summed E-state index contributed by atoms with van der Waals surface area (Å²) in [6.45, 7) is 2.58. The lowest BCUT2D eigenvalue weighted by Gasteiger charge is -2.37. The number of hydrogen-bond acceptors (Lipinski definition) is 7. The number of anilines is 1. The van der Waals surface area contributed by atoms with Gasteiger partial charge in [0.15, 0.2) is 0 Å². The van der Waals surface area contributed by atoms with Crippen LogP contribution >= 0.6 is 11.3 Å². The van der Waals surface area contributed by atoms with E-state index in [0.29, 0.717) is 6.04 Å². The molecule has 0 bridgehead atoms. The summed E-state index contributed by atoms with van der Waals surface area (Å²) in [6, 6.07) is 3.60. The number of aliphatic hydroxyl groups excluding tert-OH is 1. The number of aliphatic hydroxyl groups is 1. The van der Waals surface area contributed by atoms with Gasteiger partial charge < -0.3 is 15.3 Å². The van der Waals surface area contributed by atoms with Crippen LogP contribution in [0.5, 0.6) is 0 Å². The molecule has 3 atom stereocenters. The van der Waals surface area contributed by atoms with Crippen molar-refractivity contribution >= 4 is 17.2 Å². The predicted octanol–water partition coefficient (Wildman–Crippen LogP) is 2.32. The summed E-state index contributed by atoms with van der Waals surface area (Å²) in [5.41, 5.74) is 2.81. The first kappa shape index (κ1) is 19.5. The second kappa shape index (κ2) is 9.15. The van der Waals surface area contributed by atoms with Crippen molar-refractivity contribution in [2.45, 2.75) is 69.7 Å². The third-order valence-electron chi connectivity index (χ3n) is 5.91. The van der Waals surface area contributed by atoms with Crippen LogP contribution in [0.2, 0.25) is 0 Å². The van der Waals surface area contributed by atoms with Crippen LogP contribution in [-0.2, 0) is 6.54 Å². The van der Waals surface area contributed by atoms with Crippen LogP contribution in [0.3, 0.4) is 0 Å². The van der Waals surface area contributed by atoms with E-state index in [1.807, 2.05) is 11.6 Å². The fraction of sp³-hybridized carbons (Fsp3) is 0.650. The number of hydrogen-bond donors (Lipinski definition) is 2. The Hall–Kier alpha value is -1.77. The number of nitrogens with one attached hydrogen (secondary N) is 1. The van der Waals surface area contributed by atoms with Gasteiger partial charge in [-0.25, -0.2) is 9.67 Å². The van der Waals surface area contributed by atoms with E-state index in [9.17, 15) is 9.90 Å². The first-order valence-corrected chi connectivity index (χ1v) is 11.3. The van der Waals surface area contributed by atoms with Crippen molar-refractivity contribution in [3.63, 3.8) is 0 Å². The SMILES string of the molecule is O=c1ccc(N2CCCCC2CNCc2cscn2)nn1C1CCCCC1O. The van der Waals surface area contributed by atoms with Crippen molar-refractivity contribution in [2.75, 3.05) is 18.0 Å². The molecule has 152 valence electrons. The van der Waals surface area contributed by atoms with Gasteiger partial charge in [0.1, 0.15) is 5.82 Å². The normalized spacial score (nSPS) is 25.8. The summed E-state index contributed by atoms with van der Waals surface area (Å²) in [6.07, 6.45) is 6.59. The van der Waals surface area contributed by atoms with E-state index in [1.54, 1.807) is 17.4 Å². The zero-order valence-corrected chi connectivity index (χ0v) is 17.0. The van der Waals surface area contributed by atoms with Gasteiger partial charge >= 0.3 is 0 Å². The lowest BCUT2D eigenvalue weighted by Crippen LogP contribution is -2.47. The minimum Gasteiger partial charge on any atom is -0.391 e. The Bertz CT molecular complexity index is 809. The Balaban J connectivity index is 1.49. The third kappa shape index (κ3) is 4.45. The molecule has 7 nitrogen and oxygen atoms in total. The van der Waals surface area contributed by atoms with Crippen LogP contribution in [0.1, 0.15) is 56.7 Å². The standard InChI is InChI=1S/C20H29N5O2S/c26-18-7-2-1-6-17(18)25-20(27)9-8-19(23-25)24-10-4-3-5-16(24)12-21-11-15-13-28-14-22-15/h8-9,13-14,16-18,21,26H,1-7,10-12H2. The number of thiazole rings is 1. The molecule has 1 aliphatic carbocycles. The number of piperidine rings is 1. The fourth-order valence-electron chi connectivity index (χ4n) is 4.39. The molecule has 8 heteroatoms. The van der Waals surface area contributed by atoms with Crippen molar-refractivity contribution in [1.82, 2.24) is 20.1 Å². The summed E-state index contributed by atoms with van der Waals surface area (Å²) < 4.78 is 1.54. The molecule has 3 heterocycles. The zero-order chi connectivity index (χ0) is 19.3. The van der Waals surface area contributed by atoms with E-state index in [2.05, 4.69) is 20.6 Å². The predicted molar refractivity (Wildman–Crippen MR) is 111 cm³/mol. The maximum Gasteiger partial charge on any atom is 0.267 e.